The lowest BCUT2D eigenvalue weighted by Gasteiger charge is -2.24. The number of benzene rings is 1. The first-order chi connectivity index (χ1) is 9.74. The summed E-state index contributed by atoms with van der Waals surface area (Å²) < 4.78 is 7.65. The number of furan rings is 1. The number of aryl methyl sites for hydroxylation is 1. The maximum Gasteiger partial charge on any atom is 0.114 e. The van der Waals surface area contributed by atoms with Crippen molar-refractivity contribution in [1.82, 2.24) is 9.47 Å². The van der Waals surface area contributed by atoms with Gasteiger partial charge in [-0.1, -0.05) is 11.6 Å². The Kier molecular flexibility index (Phi) is 2.51. The molecule has 3 nitrogen and oxygen atoms in total. The van der Waals surface area contributed by atoms with E-state index in [4.69, 9.17) is 4.42 Å². The molecular weight excluding hydrogens is 248 g/mol. The molecule has 3 heterocycles. The monoisotopic (exact) mass is 266 g/mol. The molecule has 102 valence electrons. The summed E-state index contributed by atoms with van der Waals surface area (Å²) in [6.45, 7) is 4.30. The van der Waals surface area contributed by atoms with Gasteiger partial charge in [0.15, 0.2) is 0 Å². The van der Waals surface area contributed by atoms with Crippen LogP contribution >= 0.6 is 0 Å². The fourth-order valence-corrected chi connectivity index (χ4v) is 3.29. The topological polar surface area (TPSA) is 21.3 Å². The van der Waals surface area contributed by atoms with Gasteiger partial charge in [-0.15, -0.1) is 0 Å². The van der Waals surface area contributed by atoms with Crippen molar-refractivity contribution < 1.29 is 4.42 Å². The van der Waals surface area contributed by atoms with Crippen molar-refractivity contribution in [3.05, 3.63) is 53.6 Å². The standard InChI is InChI=1S/C17H18N2O/c1-12-3-4-16-14(9-12)15-10-18(2)7-5-17(15)19(16)13-6-8-20-11-13/h3-4,6,8-9,11H,5,7,10H2,1-2H3. The Labute approximate surface area is 118 Å². The third-order valence-electron chi connectivity index (χ3n) is 4.26. The molecule has 0 bridgehead atoms. The first-order valence-corrected chi connectivity index (χ1v) is 7.08. The average molecular weight is 266 g/mol. The van der Waals surface area contributed by atoms with Gasteiger partial charge in [0.2, 0.25) is 0 Å². The van der Waals surface area contributed by atoms with E-state index in [9.17, 15) is 0 Å². The van der Waals surface area contributed by atoms with Gasteiger partial charge in [-0.2, -0.15) is 0 Å². The number of likely N-dealkylation sites (N-methyl/N-ethyl adjacent to an activating group) is 1. The zero-order chi connectivity index (χ0) is 13.7. The molecule has 0 amide bonds. The van der Waals surface area contributed by atoms with Crippen molar-refractivity contribution in [2.75, 3.05) is 13.6 Å². The van der Waals surface area contributed by atoms with E-state index < -0.39 is 0 Å². The average Bonchev–Trinajstić information content (AvgIpc) is 3.04. The summed E-state index contributed by atoms with van der Waals surface area (Å²) in [5.41, 5.74) is 6.64. The lowest BCUT2D eigenvalue weighted by molar-refractivity contribution is 0.311. The molecule has 0 atom stereocenters. The van der Waals surface area contributed by atoms with E-state index in [1.54, 1.807) is 6.26 Å². The van der Waals surface area contributed by atoms with Gasteiger partial charge in [0.25, 0.3) is 0 Å². The lowest BCUT2D eigenvalue weighted by Crippen LogP contribution is -2.27. The first kappa shape index (κ1) is 11.8. The highest BCUT2D eigenvalue weighted by Gasteiger charge is 2.23. The zero-order valence-corrected chi connectivity index (χ0v) is 11.9. The Morgan fingerprint density at radius 3 is 2.90 bits per heavy atom. The molecule has 0 unspecified atom stereocenters. The summed E-state index contributed by atoms with van der Waals surface area (Å²) in [5.74, 6) is 0. The van der Waals surface area contributed by atoms with Crippen LogP contribution in [0.25, 0.3) is 16.6 Å². The number of rotatable bonds is 1. The van der Waals surface area contributed by atoms with Crippen molar-refractivity contribution >= 4 is 10.9 Å². The highest BCUT2D eigenvalue weighted by Crippen LogP contribution is 2.33. The van der Waals surface area contributed by atoms with E-state index >= 15 is 0 Å². The van der Waals surface area contributed by atoms with Crippen molar-refractivity contribution in [3.63, 3.8) is 0 Å². The van der Waals surface area contributed by atoms with Crippen LogP contribution in [0, 0.1) is 6.92 Å². The fourth-order valence-electron chi connectivity index (χ4n) is 3.29. The normalized spacial score (nSPS) is 15.7. The van der Waals surface area contributed by atoms with Crippen LogP contribution in [-0.4, -0.2) is 23.1 Å². The largest absolute Gasteiger partial charge is 0.470 e. The fraction of sp³-hybridized carbons (Fsp3) is 0.294. The lowest BCUT2D eigenvalue weighted by atomic mass is 10.0. The van der Waals surface area contributed by atoms with E-state index in [-0.39, 0.29) is 0 Å². The minimum Gasteiger partial charge on any atom is -0.470 e. The highest BCUT2D eigenvalue weighted by molar-refractivity contribution is 5.88. The van der Waals surface area contributed by atoms with E-state index in [1.807, 2.05) is 12.3 Å². The predicted octanol–water partition coefficient (Wildman–Crippen LogP) is 3.52. The molecule has 3 heteroatoms. The SMILES string of the molecule is Cc1ccc2c(c1)c1c(n2-c2ccoc2)CCN(C)C1. The Bertz CT molecular complexity index is 768. The second kappa shape index (κ2) is 4.25. The van der Waals surface area contributed by atoms with Crippen LogP contribution in [0.15, 0.2) is 41.2 Å². The van der Waals surface area contributed by atoms with Gasteiger partial charge in [0, 0.05) is 36.7 Å². The van der Waals surface area contributed by atoms with Crippen molar-refractivity contribution in [2.24, 2.45) is 0 Å². The molecule has 0 saturated carbocycles. The van der Waals surface area contributed by atoms with Gasteiger partial charge in [0.05, 0.1) is 17.5 Å². The first-order valence-electron chi connectivity index (χ1n) is 7.08. The molecule has 1 aliphatic heterocycles. The van der Waals surface area contributed by atoms with E-state index in [2.05, 4.69) is 41.6 Å². The van der Waals surface area contributed by atoms with Gasteiger partial charge < -0.3 is 13.9 Å². The van der Waals surface area contributed by atoms with Crippen molar-refractivity contribution in [3.8, 4) is 5.69 Å². The summed E-state index contributed by atoms with van der Waals surface area (Å²) in [6.07, 6.45) is 4.67. The van der Waals surface area contributed by atoms with Crippen LogP contribution in [0.2, 0.25) is 0 Å². The minimum atomic E-state index is 1.03. The van der Waals surface area contributed by atoms with Crippen LogP contribution in [0.4, 0.5) is 0 Å². The Balaban J connectivity index is 2.08. The van der Waals surface area contributed by atoms with E-state index in [1.165, 1.54) is 27.7 Å². The molecular formula is C17H18N2O. The molecule has 20 heavy (non-hydrogen) atoms. The highest BCUT2D eigenvalue weighted by atomic mass is 16.3. The van der Waals surface area contributed by atoms with Gasteiger partial charge in [-0.3, -0.25) is 0 Å². The maximum absolute atomic E-state index is 5.29. The molecule has 3 aromatic rings. The number of fused-ring (bicyclic) bond motifs is 3. The summed E-state index contributed by atoms with van der Waals surface area (Å²) in [4.78, 5) is 2.39. The second-order valence-corrected chi connectivity index (χ2v) is 5.75. The molecule has 2 aromatic heterocycles. The zero-order valence-electron chi connectivity index (χ0n) is 11.9. The maximum atomic E-state index is 5.29. The van der Waals surface area contributed by atoms with Gasteiger partial charge in [-0.05, 0) is 31.7 Å². The summed E-state index contributed by atoms with van der Waals surface area (Å²) in [7, 11) is 2.19. The third-order valence-corrected chi connectivity index (χ3v) is 4.26. The van der Waals surface area contributed by atoms with Crippen LogP contribution in [0.1, 0.15) is 16.8 Å². The number of aromatic nitrogens is 1. The number of hydrogen-bond donors (Lipinski definition) is 0. The molecule has 0 spiro atoms. The van der Waals surface area contributed by atoms with Gasteiger partial charge in [-0.25, -0.2) is 0 Å². The van der Waals surface area contributed by atoms with E-state index in [0.29, 0.717) is 0 Å². The number of nitrogens with zero attached hydrogens (tertiary/aromatic N) is 2. The van der Waals surface area contributed by atoms with Crippen LogP contribution in [0.5, 0.6) is 0 Å². The predicted molar refractivity (Wildman–Crippen MR) is 80.3 cm³/mol. The molecule has 1 aliphatic rings. The van der Waals surface area contributed by atoms with Crippen molar-refractivity contribution in [2.45, 2.75) is 19.9 Å². The summed E-state index contributed by atoms with van der Waals surface area (Å²) in [6, 6.07) is 8.77. The van der Waals surface area contributed by atoms with Gasteiger partial charge >= 0.3 is 0 Å². The summed E-state index contributed by atoms with van der Waals surface area (Å²) in [5, 5.41) is 1.38. The second-order valence-electron chi connectivity index (χ2n) is 5.75. The van der Waals surface area contributed by atoms with Crippen LogP contribution in [-0.2, 0) is 13.0 Å². The Morgan fingerprint density at radius 2 is 2.10 bits per heavy atom. The number of hydrogen-bond acceptors (Lipinski definition) is 2. The molecule has 0 aliphatic carbocycles. The van der Waals surface area contributed by atoms with Crippen LogP contribution < -0.4 is 0 Å². The molecule has 4 rings (SSSR count). The Morgan fingerprint density at radius 1 is 1.20 bits per heavy atom. The minimum absolute atomic E-state index is 1.03. The molecule has 0 N–H and O–H groups in total. The van der Waals surface area contributed by atoms with E-state index in [0.717, 1.165) is 25.2 Å². The quantitative estimate of drug-likeness (QED) is 0.672. The Hall–Kier alpha value is -2.00. The molecule has 0 fully saturated rings. The van der Waals surface area contributed by atoms with Gasteiger partial charge in [0.1, 0.15) is 6.26 Å². The smallest absolute Gasteiger partial charge is 0.114 e. The van der Waals surface area contributed by atoms with Crippen LogP contribution in [0.3, 0.4) is 0 Å². The van der Waals surface area contributed by atoms with Crippen molar-refractivity contribution in [1.29, 1.82) is 0 Å². The molecule has 1 aromatic carbocycles. The summed E-state index contributed by atoms with van der Waals surface area (Å²) >= 11 is 0. The molecule has 0 saturated heterocycles. The third kappa shape index (κ3) is 1.63. The molecule has 0 radical (unpaired) electrons.